The molecule has 0 aliphatic carbocycles. The van der Waals surface area contributed by atoms with Gasteiger partial charge in [0.2, 0.25) is 0 Å². The van der Waals surface area contributed by atoms with Gasteiger partial charge in [0.25, 0.3) is 0 Å². The smallest absolute Gasteiger partial charge is 0.157 e. The van der Waals surface area contributed by atoms with Gasteiger partial charge in [-0.25, -0.2) is 0 Å². The van der Waals surface area contributed by atoms with E-state index in [0.717, 1.165) is 44.2 Å². The average molecular weight is 264 g/mol. The van der Waals surface area contributed by atoms with Crippen LogP contribution in [0, 0.1) is 5.92 Å². The van der Waals surface area contributed by atoms with E-state index >= 15 is 0 Å². The number of phenols is 2. The van der Waals surface area contributed by atoms with Crippen molar-refractivity contribution in [3.8, 4) is 11.5 Å². The summed E-state index contributed by atoms with van der Waals surface area (Å²) in [6.45, 7) is 7.37. The van der Waals surface area contributed by atoms with E-state index in [1.54, 1.807) is 12.1 Å². The zero-order valence-electron chi connectivity index (χ0n) is 11.6. The van der Waals surface area contributed by atoms with Gasteiger partial charge in [0, 0.05) is 13.1 Å². The average Bonchev–Trinajstić information content (AvgIpc) is 2.43. The summed E-state index contributed by atoms with van der Waals surface area (Å²) in [5.41, 5.74) is 1.05. The molecule has 4 nitrogen and oxygen atoms in total. The molecule has 0 saturated carbocycles. The van der Waals surface area contributed by atoms with Gasteiger partial charge in [-0.15, -0.1) is 0 Å². The summed E-state index contributed by atoms with van der Waals surface area (Å²) in [5, 5.41) is 22.2. The third-order valence-corrected chi connectivity index (χ3v) is 3.87. The van der Waals surface area contributed by atoms with Gasteiger partial charge in [-0.05, 0) is 56.1 Å². The lowest BCUT2D eigenvalue weighted by Crippen LogP contribution is -2.35. The van der Waals surface area contributed by atoms with Gasteiger partial charge in [-0.3, -0.25) is 4.90 Å². The van der Waals surface area contributed by atoms with Gasteiger partial charge < -0.3 is 15.5 Å². The molecule has 1 aromatic rings. The number of aromatic hydroxyl groups is 2. The monoisotopic (exact) mass is 264 g/mol. The first-order valence-electron chi connectivity index (χ1n) is 7.13. The first kappa shape index (κ1) is 14.2. The number of benzene rings is 1. The van der Waals surface area contributed by atoms with Crippen molar-refractivity contribution in [2.75, 3.05) is 26.2 Å². The molecule has 0 atom stereocenters. The van der Waals surface area contributed by atoms with Gasteiger partial charge >= 0.3 is 0 Å². The van der Waals surface area contributed by atoms with Crippen molar-refractivity contribution >= 4 is 0 Å². The molecule has 0 spiro atoms. The van der Waals surface area contributed by atoms with E-state index in [4.69, 9.17) is 0 Å². The Hall–Kier alpha value is -1.26. The van der Waals surface area contributed by atoms with Crippen LogP contribution >= 0.6 is 0 Å². The number of nitrogens with zero attached hydrogens (tertiary/aromatic N) is 1. The standard InChI is InChI=1S/C15H24N2O2/c1-2-17(10-12-5-7-16-8-6-12)11-13-3-4-14(18)15(19)9-13/h3-4,9,12,16,18-19H,2,5-8,10-11H2,1H3. The number of piperidine rings is 1. The third-order valence-electron chi connectivity index (χ3n) is 3.87. The summed E-state index contributed by atoms with van der Waals surface area (Å²) >= 11 is 0. The van der Waals surface area contributed by atoms with E-state index in [-0.39, 0.29) is 11.5 Å². The fraction of sp³-hybridized carbons (Fsp3) is 0.600. The minimum Gasteiger partial charge on any atom is -0.504 e. The van der Waals surface area contributed by atoms with E-state index in [9.17, 15) is 10.2 Å². The van der Waals surface area contributed by atoms with Crippen LogP contribution in [0.5, 0.6) is 11.5 Å². The molecule has 2 rings (SSSR count). The fourth-order valence-corrected chi connectivity index (χ4v) is 2.66. The first-order valence-corrected chi connectivity index (χ1v) is 7.13. The molecule has 1 aromatic carbocycles. The van der Waals surface area contributed by atoms with Crippen molar-refractivity contribution in [2.24, 2.45) is 5.92 Å². The Balaban J connectivity index is 1.92. The van der Waals surface area contributed by atoms with Gasteiger partial charge in [-0.1, -0.05) is 13.0 Å². The third kappa shape index (κ3) is 4.11. The maximum Gasteiger partial charge on any atom is 0.157 e. The Labute approximate surface area is 115 Å². The van der Waals surface area contributed by atoms with E-state index in [0.29, 0.717) is 0 Å². The first-order chi connectivity index (χ1) is 9.19. The zero-order chi connectivity index (χ0) is 13.7. The van der Waals surface area contributed by atoms with E-state index in [1.807, 2.05) is 6.07 Å². The van der Waals surface area contributed by atoms with Crippen LogP contribution in [0.4, 0.5) is 0 Å². The Morgan fingerprint density at radius 2 is 1.95 bits per heavy atom. The van der Waals surface area contributed by atoms with E-state index < -0.39 is 0 Å². The Bertz CT molecular complexity index is 403. The maximum absolute atomic E-state index is 9.53. The van der Waals surface area contributed by atoms with Crippen molar-refractivity contribution in [2.45, 2.75) is 26.3 Å². The van der Waals surface area contributed by atoms with Crippen molar-refractivity contribution < 1.29 is 10.2 Å². The maximum atomic E-state index is 9.53. The largest absolute Gasteiger partial charge is 0.504 e. The molecular formula is C15H24N2O2. The number of hydrogen-bond donors (Lipinski definition) is 3. The molecular weight excluding hydrogens is 240 g/mol. The highest BCUT2D eigenvalue weighted by molar-refractivity contribution is 5.40. The highest BCUT2D eigenvalue weighted by Crippen LogP contribution is 2.25. The number of hydrogen-bond acceptors (Lipinski definition) is 4. The molecule has 1 aliphatic heterocycles. The molecule has 3 N–H and O–H groups in total. The van der Waals surface area contributed by atoms with Crippen molar-refractivity contribution in [1.82, 2.24) is 10.2 Å². The van der Waals surface area contributed by atoms with Crippen molar-refractivity contribution in [3.63, 3.8) is 0 Å². The molecule has 0 bridgehead atoms. The molecule has 1 aliphatic rings. The molecule has 4 heteroatoms. The lowest BCUT2D eigenvalue weighted by molar-refractivity contribution is 0.207. The predicted molar refractivity (Wildman–Crippen MR) is 76.3 cm³/mol. The SMILES string of the molecule is CCN(Cc1ccc(O)c(O)c1)CC1CCNCC1. The van der Waals surface area contributed by atoms with Gasteiger partial charge in [-0.2, -0.15) is 0 Å². The van der Waals surface area contributed by atoms with Crippen LogP contribution in [0.15, 0.2) is 18.2 Å². The minimum atomic E-state index is -0.0508. The topological polar surface area (TPSA) is 55.7 Å². The van der Waals surface area contributed by atoms with Gasteiger partial charge in [0.05, 0.1) is 0 Å². The second-order valence-electron chi connectivity index (χ2n) is 5.34. The van der Waals surface area contributed by atoms with Crippen LogP contribution in [0.25, 0.3) is 0 Å². The Morgan fingerprint density at radius 1 is 1.21 bits per heavy atom. The zero-order valence-corrected chi connectivity index (χ0v) is 11.6. The molecule has 0 radical (unpaired) electrons. The molecule has 19 heavy (non-hydrogen) atoms. The summed E-state index contributed by atoms with van der Waals surface area (Å²) in [4.78, 5) is 2.40. The summed E-state index contributed by atoms with van der Waals surface area (Å²) in [5.74, 6) is 0.687. The molecule has 0 unspecified atom stereocenters. The summed E-state index contributed by atoms with van der Waals surface area (Å²) in [6.07, 6.45) is 2.49. The second-order valence-corrected chi connectivity index (χ2v) is 5.34. The van der Waals surface area contributed by atoms with Crippen LogP contribution in [0.2, 0.25) is 0 Å². The number of nitrogens with one attached hydrogen (secondary N) is 1. The molecule has 1 heterocycles. The van der Waals surface area contributed by atoms with E-state index in [1.165, 1.54) is 12.8 Å². The highest BCUT2D eigenvalue weighted by Gasteiger charge is 2.16. The normalized spacial score (nSPS) is 16.9. The van der Waals surface area contributed by atoms with Crippen LogP contribution < -0.4 is 5.32 Å². The van der Waals surface area contributed by atoms with Crippen LogP contribution in [-0.4, -0.2) is 41.3 Å². The van der Waals surface area contributed by atoms with Crippen molar-refractivity contribution in [3.05, 3.63) is 23.8 Å². The molecule has 1 saturated heterocycles. The lowest BCUT2D eigenvalue weighted by Gasteiger charge is -2.29. The molecule has 0 amide bonds. The van der Waals surface area contributed by atoms with Crippen LogP contribution in [0.1, 0.15) is 25.3 Å². The molecule has 106 valence electrons. The minimum absolute atomic E-state index is 0.0320. The highest BCUT2D eigenvalue weighted by atomic mass is 16.3. The fourth-order valence-electron chi connectivity index (χ4n) is 2.66. The lowest BCUT2D eigenvalue weighted by atomic mass is 9.97. The van der Waals surface area contributed by atoms with Gasteiger partial charge in [0.1, 0.15) is 0 Å². The van der Waals surface area contributed by atoms with Crippen LogP contribution in [-0.2, 0) is 6.54 Å². The molecule has 1 fully saturated rings. The van der Waals surface area contributed by atoms with Gasteiger partial charge in [0.15, 0.2) is 11.5 Å². The summed E-state index contributed by atoms with van der Waals surface area (Å²) < 4.78 is 0. The summed E-state index contributed by atoms with van der Waals surface area (Å²) in [7, 11) is 0. The number of phenolic OH excluding ortho intramolecular Hbond substituents is 2. The van der Waals surface area contributed by atoms with Crippen molar-refractivity contribution in [1.29, 1.82) is 0 Å². The second kappa shape index (κ2) is 6.78. The predicted octanol–water partition coefficient (Wildman–Crippen LogP) is 1.92. The summed E-state index contributed by atoms with van der Waals surface area (Å²) in [6, 6.07) is 5.09. The van der Waals surface area contributed by atoms with Crippen LogP contribution in [0.3, 0.4) is 0 Å². The number of rotatable bonds is 5. The Kier molecular flexibility index (Phi) is 5.05. The van der Waals surface area contributed by atoms with E-state index in [2.05, 4.69) is 17.1 Å². The quantitative estimate of drug-likeness (QED) is 0.711. The molecule has 0 aromatic heterocycles. The Morgan fingerprint density at radius 3 is 2.58 bits per heavy atom.